The van der Waals surface area contributed by atoms with E-state index in [1.54, 1.807) is 22.7 Å². The van der Waals surface area contributed by atoms with Crippen molar-refractivity contribution < 1.29 is 0 Å². The van der Waals surface area contributed by atoms with Crippen molar-refractivity contribution >= 4 is 27.6 Å². The Morgan fingerprint density at radius 1 is 1.44 bits per heavy atom. The molecule has 0 bridgehead atoms. The quantitative estimate of drug-likeness (QED) is 0.776. The molecule has 0 amide bonds. The number of hydrogen-bond acceptors (Lipinski definition) is 4. The molecule has 3 aromatic heterocycles. The lowest BCUT2D eigenvalue weighted by Crippen LogP contribution is -2.27. The van der Waals surface area contributed by atoms with Crippen LogP contribution >= 0.6 is 22.7 Å². The van der Waals surface area contributed by atoms with Gasteiger partial charge in [-0.05, 0) is 35.7 Å². The molecule has 0 aliphatic rings. The molecule has 3 rings (SSSR count). The van der Waals surface area contributed by atoms with Gasteiger partial charge in [0.1, 0.15) is 0 Å². The highest BCUT2D eigenvalue weighted by atomic mass is 32.1. The number of nitrogens with zero attached hydrogens (tertiary/aromatic N) is 2. The topological polar surface area (TPSA) is 29.3 Å². The second kappa shape index (κ2) is 5.22. The summed E-state index contributed by atoms with van der Waals surface area (Å²) in [5.74, 6) is 0. The minimum Gasteiger partial charge on any atom is -0.308 e. The lowest BCUT2D eigenvalue weighted by molar-refractivity contribution is 0.541. The Kier molecular flexibility index (Phi) is 3.45. The van der Waals surface area contributed by atoms with Crippen molar-refractivity contribution in [1.29, 1.82) is 0 Å². The summed E-state index contributed by atoms with van der Waals surface area (Å²) in [6.07, 6.45) is 5.22. The van der Waals surface area contributed by atoms with E-state index in [9.17, 15) is 0 Å². The first-order valence-electron chi connectivity index (χ1n) is 5.97. The molecule has 3 heterocycles. The summed E-state index contributed by atoms with van der Waals surface area (Å²) in [7, 11) is 0. The second-order valence-corrected chi connectivity index (χ2v) is 6.10. The van der Waals surface area contributed by atoms with Gasteiger partial charge >= 0.3 is 0 Å². The third-order valence-electron chi connectivity index (χ3n) is 2.90. The van der Waals surface area contributed by atoms with Gasteiger partial charge in [0.15, 0.2) is 4.96 Å². The van der Waals surface area contributed by atoms with Crippen LogP contribution < -0.4 is 5.32 Å². The summed E-state index contributed by atoms with van der Waals surface area (Å²) >= 11 is 3.43. The van der Waals surface area contributed by atoms with Crippen molar-refractivity contribution in [2.24, 2.45) is 0 Å². The maximum absolute atomic E-state index is 4.56. The van der Waals surface area contributed by atoms with E-state index < -0.39 is 0 Å². The number of fused-ring (bicyclic) bond motifs is 1. The Morgan fingerprint density at radius 3 is 3.17 bits per heavy atom. The van der Waals surface area contributed by atoms with Crippen molar-refractivity contribution in [2.75, 3.05) is 0 Å². The van der Waals surface area contributed by atoms with E-state index in [1.807, 2.05) is 6.20 Å². The molecule has 1 atom stereocenters. The monoisotopic (exact) mass is 277 g/mol. The molecule has 0 saturated carbocycles. The van der Waals surface area contributed by atoms with Crippen LogP contribution in [-0.4, -0.2) is 15.4 Å². The highest BCUT2D eigenvalue weighted by Crippen LogP contribution is 2.12. The maximum atomic E-state index is 4.56. The van der Waals surface area contributed by atoms with Gasteiger partial charge < -0.3 is 5.32 Å². The molecule has 18 heavy (non-hydrogen) atoms. The van der Waals surface area contributed by atoms with E-state index in [4.69, 9.17) is 0 Å². The molecule has 0 spiro atoms. The molecule has 1 unspecified atom stereocenters. The van der Waals surface area contributed by atoms with Crippen molar-refractivity contribution in [3.05, 3.63) is 45.9 Å². The zero-order valence-electron chi connectivity index (χ0n) is 10.2. The molecule has 0 fully saturated rings. The van der Waals surface area contributed by atoms with Crippen LogP contribution in [0.25, 0.3) is 4.96 Å². The third kappa shape index (κ3) is 2.63. The van der Waals surface area contributed by atoms with E-state index in [0.717, 1.165) is 23.6 Å². The van der Waals surface area contributed by atoms with Gasteiger partial charge in [-0.2, -0.15) is 11.3 Å². The number of hydrogen-bond donors (Lipinski definition) is 1. The third-order valence-corrected chi connectivity index (χ3v) is 4.40. The molecule has 0 aromatic carbocycles. The Balaban J connectivity index is 1.56. The van der Waals surface area contributed by atoms with Crippen LogP contribution in [-0.2, 0) is 13.0 Å². The summed E-state index contributed by atoms with van der Waals surface area (Å²) < 4.78 is 2.07. The maximum Gasteiger partial charge on any atom is 0.193 e. The molecule has 0 radical (unpaired) electrons. The molecular formula is C13H15N3S2. The number of rotatable bonds is 5. The van der Waals surface area contributed by atoms with Gasteiger partial charge in [0, 0.05) is 30.4 Å². The second-order valence-electron chi connectivity index (χ2n) is 4.44. The van der Waals surface area contributed by atoms with Gasteiger partial charge in [-0.3, -0.25) is 4.40 Å². The SMILES string of the molecule is CC(Cc1ccsc1)NCc1cn2ccsc2n1. The first-order chi connectivity index (χ1) is 8.81. The van der Waals surface area contributed by atoms with Crippen molar-refractivity contribution in [1.82, 2.24) is 14.7 Å². The average Bonchev–Trinajstić information content (AvgIpc) is 3.01. The average molecular weight is 277 g/mol. The zero-order chi connectivity index (χ0) is 12.4. The lowest BCUT2D eigenvalue weighted by Gasteiger charge is -2.11. The Hall–Kier alpha value is -1.17. The fourth-order valence-electron chi connectivity index (χ4n) is 1.97. The summed E-state index contributed by atoms with van der Waals surface area (Å²) in [5, 5.41) is 9.92. The highest BCUT2D eigenvalue weighted by Gasteiger charge is 2.06. The van der Waals surface area contributed by atoms with E-state index in [2.05, 4.69) is 50.0 Å². The molecule has 5 heteroatoms. The van der Waals surface area contributed by atoms with Crippen molar-refractivity contribution in [3.63, 3.8) is 0 Å². The van der Waals surface area contributed by atoms with Crippen LogP contribution in [0.15, 0.2) is 34.6 Å². The van der Waals surface area contributed by atoms with E-state index in [0.29, 0.717) is 6.04 Å². The van der Waals surface area contributed by atoms with E-state index in [-0.39, 0.29) is 0 Å². The Bertz CT molecular complexity index is 581. The van der Waals surface area contributed by atoms with E-state index >= 15 is 0 Å². The van der Waals surface area contributed by atoms with Crippen LogP contribution in [0.5, 0.6) is 0 Å². The minimum atomic E-state index is 0.472. The molecule has 1 N–H and O–H groups in total. The van der Waals surface area contributed by atoms with Crippen LogP contribution in [0.2, 0.25) is 0 Å². The normalized spacial score (nSPS) is 13.2. The number of aromatic nitrogens is 2. The molecule has 0 aliphatic carbocycles. The first kappa shape index (κ1) is 11.9. The van der Waals surface area contributed by atoms with Crippen molar-refractivity contribution in [2.45, 2.75) is 25.9 Å². The van der Waals surface area contributed by atoms with Gasteiger partial charge in [-0.15, -0.1) is 11.3 Å². The van der Waals surface area contributed by atoms with Crippen molar-refractivity contribution in [3.8, 4) is 0 Å². The number of imidazole rings is 1. The fourth-order valence-corrected chi connectivity index (χ4v) is 3.38. The molecule has 94 valence electrons. The number of thiazole rings is 1. The van der Waals surface area contributed by atoms with E-state index in [1.165, 1.54) is 5.56 Å². The Labute approximate surface area is 114 Å². The smallest absolute Gasteiger partial charge is 0.193 e. The minimum absolute atomic E-state index is 0.472. The fraction of sp³-hybridized carbons (Fsp3) is 0.308. The standard InChI is InChI=1S/C13H15N3S2/c1-10(6-11-2-4-17-9-11)14-7-12-8-16-3-5-18-13(16)15-12/h2-5,8-10,14H,6-7H2,1H3. The van der Waals surface area contributed by atoms with Gasteiger partial charge in [-0.25, -0.2) is 4.98 Å². The number of thiophene rings is 1. The zero-order valence-corrected chi connectivity index (χ0v) is 11.8. The summed E-state index contributed by atoms with van der Waals surface area (Å²) in [5.41, 5.74) is 2.52. The van der Waals surface area contributed by atoms with Gasteiger partial charge in [-0.1, -0.05) is 0 Å². The first-order valence-corrected chi connectivity index (χ1v) is 7.79. The highest BCUT2D eigenvalue weighted by molar-refractivity contribution is 7.15. The molecular weight excluding hydrogens is 262 g/mol. The summed E-state index contributed by atoms with van der Waals surface area (Å²) in [6.45, 7) is 3.05. The number of nitrogens with one attached hydrogen (secondary N) is 1. The molecule has 0 aliphatic heterocycles. The predicted molar refractivity (Wildman–Crippen MR) is 77.4 cm³/mol. The summed E-state index contributed by atoms with van der Waals surface area (Å²) in [6, 6.07) is 2.66. The predicted octanol–water partition coefficient (Wildman–Crippen LogP) is 3.18. The molecule has 0 saturated heterocycles. The van der Waals surface area contributed by atoms with Gasteiger partial charge in [0.2, 0.25) is 0 Å². The van der Waals surface area contributed by atoms with Crippen LogP contribution in [0.1, 0.15) is 18.2 Å². The van der Waals surface area contributed by atoms with Crippen LogP contribution in [0, 0.1) is 0 Å². The molecule has 3 nitrogen and oxygen atoms in total. The Morgan fingerprint density at radius 2 is 2.39 bits per heavy atom. The van der Waals surface area contributed by atoms with Gasteiger partial charge in [0.25, 0.3) is 0 Å². The van der Waals surface area contributed by atoms with Gasteiger partial charge in [0.05, 0.1) is 5.69 Å². The lowest BCUT2D eigenvalue weighted by atomic mass is 10.1. The summed E-state index contributed by atoms with van der Waals surface area (Å²) in [4.78, 5) is 5.63. The van der Waals surface area contributed by atoms with Crippen LogP contribution in [0.3, 0.4) is 0 Å². The largest absolute Gasteiger partial charge is 0.308 e. The molecule has 3 aromatic rings. The van der Waals surface area contributed by atoms with Crippen LogP contribution in [0.4, 0.5) is 0 Å².